The Morgan fingerprint density at radius 1 is 0.742 bits per heavy atom. The Morgan fingerprint density at radius 2 is 1.32 bits per heavy atom. The molecule has 0 N–H and O–H groups in total. The third kappa shape index (κ3) is 6.11. The summed E-state index contributed by atoms with van der Waals surface area (Å²) in [7, 11) is 0. The molecule has 0 atom stereocenters. The Morgan fingerprint density at radius 3 is 1.94 bits per heavy atom. The number of hydrogen-bond donors (Lipinski definition) is 0. The van der Waals surface area contributed by atoms with Gasteiger partial charge in [0.25, 0.3) is 0 Å². The van der Waals surface area contributed by atoms with Crippen molar-refractivity contribution in [3.8, 4) is 0 Å². The lowest BCUT2D eigenvalue weighted by Crippen LogP contribution is -2.17. The average molecular weight is 411 g/mol. The lowest BCUT2D eigenvalue weighted by atomic mass is 10.1. The minimum absolute atomic E-state index is 0.835. The molecule has 0 bridgehead atoms. The molecule has 0 spiro atoms. The fraction of sp³-hybridized carbons (Fsp3) is 0.296. The maximum Gasteiger partial charge on any atom is 0.0857 e. The maximum absolute atomic E-state index is 4.60. The topological polar surface area (TPSA) is 40.3 Å². The number of unbranched alkanes of at least 4 members (excludes halogenated alkanes) is 1. The number of anilines is 1. The molecule has 158 valence electrons. The standard InChI is InChI=1S/C27H30N4/c1-2-3-6-22-7-11-25(12-8-22)29-30-26-13-9-23(10-14-26)21-28-24-15-17-27(18-16-24)31-19-4-5-20-31/h7-18,21H,2-6,19-20H2,1H3/b28-21+,30-29+. The molecule has 0 aromatic heterocycles. The van der Waals surface area contributed by atoms with Gasteiger partial charge in [0.2, 0.25) is 0 Å². The van der Waals surface area contributed by atoms with Gasteiger partial charge < -0.3 is 4.90 Å². The Labute approximate surface area is 185 Å². The van der Waals surface area contributed by atoms with Crippen molar-refractivity contribution in [2.24, 2.45) is 15.2 Å². The first-order valence-corrected chi connectivity index (χ1v) is 11.3. The van der Waals surface area contributed by atoms with Crippen molar-refractivity contribution in [2.75, 3.05) is 18.0 Å². The highest BCUT2D eigenvalue weighted by atomic mass is 15.1. The Bertz CT molecular complexity index is 997. The van der Waals surface area contributed by atoms with Crippen LogP contribution in [0.1, 0.15) is 43.7 Å². The molecule has 4 nitrogen and oxygen atoms in total. The van der Waals surface area contributed by atoms with Crippen molar-refractivity contribution in [1.29, 1.82) is 0 Å². The van der Waals surface area contributed by atoms with Crippen molar-refractivity contribution >= 4 is 29.0 Å². The predicted octanol–water partition coefficient (Wildman–Crippen LogP) is 7.80. The number of azo groups is 1. The van der Waals surface area contributed by atoms with Gasteiger partial charge in [0.15, 0.2) is 0 Å². The minimum atomic E-state index is 0.835. The number of benzene rings is 3. The summed E-state index contributed by atoms with van der Waals surface area (Å²) in [6, 6.07) is 24.8. The molecule has 1 aliphatic heterocycles. The van der Waals surface area contributed by atoms with Crippen LogP contribution in [0.2, 0.25) is 0 Å². The van der Waals surface area contributed by atoms with Crippen LogP contribution < -0.4 is 4.90 Å². The number of nitrogens with zero attached hydrogens (tertiary/aromatic N) is 4. The van der Waals surface area contributed by atoms with Gasteiger partial charge in [-0.2, -0.15) is 10.2 Å². The van der Waals surface area contributed by atoms with Crippen molar-refractivity contribution < 1.29 is 0 Å². The Balaban J connectivity index is 1.33. The van der Waals surface area contributed by atoms with E-state index < -0.39 is 0 Å². The molecule has 1 heterocycles. The maximum atomic E-state index is 4.60. The van der Waals surface area contributed by atoms with E-state index in [2.05, 4.69) is 63.4 Å². The lowest BCUT2D eigenvalue weighted by molar-refractivity contribution is 0.795. The molecule has 4 heteroatoms. The van der Waals surface area contributed by atoms with Crippen molar-refractivity contribution in [3.63, 3.8) is 0 Å². The van der Waals surface area contributed by atoms with Crippen LogP contribution in [0.3, 0.4) is 0 Å². The van der Waals surface area contributed by atoms with Gasteiger partial charge in [-0.15, -0.1) is 0 Å². The van der Waals surface area contributed by atoms with Gasteiger partial charge in [-0.25, -0.2) is 0 Å². The minimum Gasteiger partial charge on any atom is -0.372 e. The number of rotatable bonds is 8. The summed E-state index contributed by atoms with van der Waals surface area (Å²) in [6.45, 7) is 4.54. The van der Waals surface area contributed by atoms with Crippen molar-refractivity contribution in [2.45, 2.75) is 39.0 Å². The van der Waals surface area contributed by atoms with E-state index in [9.17, 15) is 0 Å². The molecule has 0 amide bonds. The summed E-state index contributed by atoms with van der Waals surface area (Å²) in [4.78, 5) is 7.03. The van der Waals surface area contributed by atoms with E-state index in [1.54, 1.807) is 0 Å². The monoisotopic (exact) mass is 410 g/mol. The van der Waals surface area contributed by atoms with Crippen LogP contribution in [0, 0.1) is 0 Å². The molecule has 3 aromatic carbocycles. The number of aryl methyl sites for hydroxylation is 1. The zero-order valence-electron chi connectivity index (χ0n) is 18.2. The van der Waals surface area contributed by atoms with Crippen LogP contribution in [-0.2, 0) is 6.42 Å². The SMILES string of the molecule is CCCCc1ccc(/N=N/c2ccc(/C=N/c3ccc(N4CCCC4)cc3)cc2)cc1. The quantitative estimate of drug-likeness (QED) is 0.276. The van der Waals surface area contributed by atoms with Crippen LogP contribution in [0.5, 0.6) is 0 Å². The number of aliphatic imine (C=N–C) groups is 1. The normalized spacial score (nSPS) is 14.2. The van der Waals surface area contributed by atoms with Gasteiger partial charge in [0.05, 0.1) is 17.1 Å². The van der Waals surface area contributed by atoms with E-state index in [1.807, 2.05) is 42.6 Å². The van der Waals surface area contributed by atoms with Crippen LogP contribution in [0.4, 0.5) is 22.7 Å². The van der Waals surface area contributed by atoms with E-state index in [0.29, 0.717) is 0 Å². The zero-order chi connectivity index (χ0) is 21.3. The summed E-state index contributed by atoms with van der Waals surface area (Å²) < 4.78 is 0. The summed E-state index contributed by atoms with van der Waals surface area (Å²) in [5, 5.41) is 8.70. The van der Waals surface area contributed by atoms with Gasteiger partial charge in [0.1, 0.15) is 0 Å². The van der Waals surface area contributed by atoms with E-state index in [4.69, 9.17) is 0 Å². The molecular weight excluding hydrogens is 380 g/mol. The molecule has 0 radical (unpaired) electrons. The summed E-state index contributed by atoms with van der Waals surface area (Å²) in [6.07, 6.45) is 8.04. The first-order chi connectivity index (χ1) is 15.3. The lowest BCUT2D eigenvalue weighted by Gasteiger charge is -2.17. The first kappa shape index (κ1) is 21.0. The summed E-state index contributed by atoms with van der Waals surface area (Å²) in [5.41, 5.74) is 6.37. The van der Waals surface area contributed by atoms with Crippen LogP contribution >= 0.6 is 0 Å². The van der Waals surface area contributed by atoms with Gasteiger partial charge in [-0.05, 0) is 85.3 Å². The average Bonchev–Trinajstić information content (AvgIpc) is 3.37. The highest BCUT2D eigenvalue weighted by Gasteiger charge is 2.11. The highest BCUT2D eigenvalue weighted by molar-refractivity contribution is 5.82. The zero-order valence-corrected chi connectivity index (χ0v) is 18.2. The van der Waals surface area contributed by atoms with Crippen LogP contribution in [-0.4, -0.2) is 19.3 Å². The third-order valence-corrected chi connectivity index (χ3v) is 5.61. The molecule has 0 aliphatic carbocycles. The van der Waals surface area contributed by atoms with Gasteiger partial charge >= 0.3 is 0 Å². The van der Waals surface area contributed by atoms with Crippen LogP contribution in [0.25, 0.3) is 0 Å². The molecule has 4 rings (SSSR count). The molecule has 1 fully saturated rings. The second-order valence-corrected chi connectivity index (χ2v) is 8.03. The molecule has 0 saturated carbocycles. The van der Waals surface area contributed by atoms with E-state index in [1.165, 1.54) is 36.9 Å². The summed E-state index contributed by atoms with van der Waals surface area (Å²) in [5.74, 6) is 0. The Kier molecular flexibility index (Phi) is 7.22. The van der Waals surface area contributed by atoms with Crippen LogP contribution in [0.15, 0.2) is 88.0 Å². The second-order valence-electron chi connectivity index (χ2n) is 8.03. The summed E-state index contributed by atoms with van der Waals surface area (Å²) >= 11 is 0. The van der Waals surface area contributed by atoms with Gasteiger partial charge in [-0.1, -0.05) is 37.6 Å². The molecular formula is C27H30N4. The molecule has 1 saturated heterocycles. The third-order valence-electron chi connectivity index (χ3n) is 5.61. The van der Waals surface area contributed by atoms with E-state index >= 15 is 0 Å². The first-order valence-electron chi connectivity index (χ1n) is 11.3. The van der Waals surface area contributed by atoms with Gasteiger partial charge in [-0.3, -0.25) is 4.99 Å². The fourth-order valence-electron chi connectivity index (χ4n) is 3.73. The molecule has 0 unspecified atom stereocenters. The number of hydrogen-bond acceptors (Lipinski definition) is 4. The van der Waals surface area contributed by atoms with Crippen molar-refractivity contribution in [1.82, 2.24) is 0 Å². The molecule has 1 aliphatic rings. The molecule has 31 heavy (non-hydrogen) atoms. The Hall–Kier alpha value is -3.27. The largest absolute Gasteiger partial charge is 0.372 e. The smallest absolute Gasteiger partial charge is 0.0857 e. The van der Waals surface area contributed by atoms with E-state index in [-0.39, 0.29) is 0 Å². The van der Waals surface area contributed by atoms with E-state index in [0.717, 1.165) is 42.1 Å². The molecule has 3 aromatic rings. The second kappa shape index (κ2) is 10.7. The fourth-order valence-corrected chi connectivity index (χ4v) is 3.73. The van der Waals surface area contributed by atoms with Gasteiger partial charge in [0, 0.05) is 25.0 Å². The van der Waals surface area contributed by atoms with Crippen molar-refractivity contribution in [3.05, 3.63) is 83.9 Å². The highest BCUT2D eigenvalue weighted by Crippen LogP contribution is 2.24. The predicted molar refractivity (Wildman–Crippen MR) is 131 cm³/mol.